The van der Waals surface area contributed by atoms with E-state index < -0.39 is 22.7 Å². The van der Waals surface area contributed by atoms with Gasteiger partial charge in [0.2, 0.25) is 0 Å². The Hall–Kier alpha value is -3.44. The third-order valence-corrected chi connectivity index (χ3v) is 4.69. The number of nitrogens with one attached hydrogen (secondary N) is 1. The van der Waals surface area contributed by atoms with Crippen LogP contribution in [-0.4, -0.2) is 49.2 Å². The van der Waals surface area contributed by atoms with Crippen molar-refractivity contribution >= 4 is 40.0 Å². The molecule has 1 amide bonds. The maximum Gasteiger partial charge on any atom is 0.408 e. The van der Waals surface area contributed by atoms with Crippen molar-refractivity contribution in [2.24, 2.45) is 0 Å². The van der Waals surface area contributed by atoms with Gasteiger partial charge >= 0.3 is 6.09 Å². The molecule has 3 aromatic rings. The molecule has 0 bridgehead atoms. The second-order valence-corrected chi connectivity index (χ2v) is 8.39. The van der Waals surface area contributed by atoms with Crippen LogP contribution in [0, 0.1) is 10.1 Å². The van der Waals surface area contributed by atoms with Crippen LogP contribution in [0.4, 0.5) is 10.5 Å². The van der Waals surface area contributed by atoms with Crippen LogP contribution in [0.3, 0.4) is 0 Å². The quantitative estimate of drug-likeness (QED) is 0.324. The van der Waals surface area contributed by atoms with Gasteiger partial charge in [0.25, 0.3) is 5.69 Å². The van der Waals surface area contributed by atoms with Crippen molar-refractivity contribution in [3.8, 4) is 0 Å². The minimum atomic E-state index is -0.798. The standard InChI is InChI=1S/C21H23N5O5S/c1-21(2,3)31-20(27)22-17(13-30-12-14-7-5-4-6-8-14)19(32)25-18-11-15(26(28)29)9-10-16(18)23-24-25/h4-11,17H,12-13H2,1-3H3,(H,22,27)/t17-/m0/s1. The summed E-state index contributed by atoms with van der Waals surface area (Å²) in [6, 6.07) is 12.9. The van der Waals surface area contributed by atoms with Gasteiger partial charge in [-0.05, 0) is 32.4 Å². The van der Waals surface area contributed by atoms with E-state index in [0.717, 1.165) is 5.56 Å². The minimum Gasteiger partial charge on any atom is -0.444 e. The Morgan fingerprint density at radius 1 is 1.25 bits per heavy atom. The minimum absolute atomic E-state index is 0.0310. The number of benzene rings is 2. The molecule has 11 heteroatoms. The Morgan fingerprint density at radius 3 is 2.62 bits per heavy atom. The lowest BCUT2D eigenvalue weighted by molar-refractivity contribution is -0.384. The van der Waals surface area contributed by atoms with Gasteiger partial charge in [0.1, 0.15) is 27.7 Å². The molecule has 0 fully saturated rings. The van der Waals surface area contributed by atoms with E-state index in [2.05, 4.69) is 15.6 Å². The summed E-state index contributed by atoms with van der Waals surface area (Å²) >= 11 is 5.56. The molecule has 1 aromatic heterocycles. The molecule has 0 spiro atoms. The van der Waals surface area contributed by atoms with Gasteiger partial charge in [-0.3, -0.25) is 10.1 Å². The predicted molar refractivity (Wildman–Crippen MR) is 121 cm³/mol. The average Bonchev–Trinajstić information content (AvgIpc) is 3.15. The molecule has 0 saturated heterocycles. The van der Waals surface area contributed by atoms with Crippen LogP contribution in [0.2, 0.25) is 0 Å². The maximum absolute atomic E-state index is 12.4. The number of fused-ring (bicyclic) bond motifs is 1. The highest BCUT2D eigenvalue weighted by Gasteiger charge is 2.25. The number of nitro groups is 1. The van der Waals surface area contributed by atoms with Crippen molar-refractivity contribution < 1.29 is 19.2 Å². The number of aromatic nitrogens is 3. The van der Waals surface area contributed by atoms with Crippen LogP contribution in [0.1, 0.15) is 26.3 Å². The Kier molecular flexibility index (Phi) is 7.11. The number of non-ortho nitro benzene ring substituents is 1. The molecule has 2 aromatic carbocycles. The van der Waals surface area contributed by atoms with Crippen molar-refractivity contribution in [1.82, 2.24) is 20.3 Å². The van der Waals surface area contributed by atoms with Gasteiger partial charge in [0.05, 0.1) is 18.1 Å². The first-order valence-corrected chi connectivity index (χ1v) is 10.2. The smallest absolute Gasteiger partial charge is 0.408 e. The monoisotopic (exact) mass is 457 g/mol. The van der Waals surface area contributed by atoms with Crippen LogP contribution >= 0.6 is 12.2 Å². The SMILES string of the molecule is CC(C)(C)OC(=O)N[C@@H](COCc1ccccc1)C(=S)n1nnc2ccc([N+](=O)[O-])cc21. The summed E-state index contributed by atoms with van der Waals surface area (Å²) in [4.78, 5) is 23.2. The number of rotatable bonds is 7. The lowest BCUT2D eigenvalue weighted by Gasteiger charge is -2.24. The molecule has 0 saturated carbocycles. The number of hydrogen-bond donors (Lipinski definition) is 1. The van der Waals surface area contributed by atoms with Crippen LogP contribution < -0.4 is 5.32 Å². The summed E-state index contributed by atoms with van der Waals surface area (Å²) in [5.74, 6) is 0. The van der Waals surface area contributed by atoms with E-state index in [1.165, 1.54) is 22.9 Å². The molecule has 3 rings (SSSR count). The average molecular weight is 458 g/mol. The fraction of sp³-hybridized carbons (Fsp3) is 0.333. The van der Waals surface area contributed by atoms with Crippen molar-refractivity contribution in [2.45, 2.75) is 39.0 Å². The molecule has 0 aliphatic carbocycles. The summed E-state index contributed by atoms with van der Waals surface area (Å²) in [5, 5.41) is 21.9. The molecule has 1 N–H and O–H groups in total. The van der Waals surface area contributed by atoms with Crippen LogP contribution in [0.15, 0.2) is 48.5 Å². The van der Waals surface area contributed by atoms with Gasteiger partial charge in [-0.15, -0.1) is 5.10 Å². The highest BCUT2D eigenvalue weighted by atomic mass is 32.1. The number of carbonyl (C=O) groups excluding carboxylic acids is 1. The molecule has 1 heterocycles. The van der Waals surface area contributed by atoms with Crippen molar-refractivity contribution in [2.75, 3.05) is 6.61 Å². The van der Waals surface area contributed by atoms with Crippen LogP contribution in [0.25, 0.3) is 11.0 Å². The van der Waals surface area contributed by atoms with E-state index in [4.69, 9.17) is 21.7 Å². The normalized spacial score (nSPS) is 12.3. The number of thiocarbonyl (C=S) groups is 1. The van der Waals surface area contributed by atoms with E-state index in [-0.39, 0.29) is 17.3 Å². The molecule has 0 unspecified atom stereocenters. The number of nitro benzene ring substituents is 1. The molecule has 32 heavy (non-hydrogen) atoms. The van der Waals surface area contributed by atoms with Gasteiger partial charge in [0.15, 0.2) is 0 Å². The molecule has 0 aliphatic heterocycles. The van der Waals surface area contributed by atoms with Gasteiger partial charge in [0, 0.05) is 12.1 Å². The van der Waals surface area contributed by atoms with Crippen LogP contribution in [0.5, 0.6) is 0 Å². The van der Waals surface area contributed by atoms with E-state index in [1.54, 1.807) is 20.8 Å². The number of carbonyl (C=O) groups is 1. The highest BCUT2D eigenvalue weighted by molar-refractivity contribution is 7.80. The first-order chi connectivity index (χ1) is 15.1. The first-order valence-electron chi connectivity index (χ1n) is 9.79. The van der Waals surface area contributed by atoms with Gasteiger partial charge in [-0.25, -0.2) is 9.48 Å². The van der Waals surface area contributed by atoms with E-state index >= 15 is 0 Å². The number of amides is 1. The van der Waals surface area contributed by atoms with E-state index in [1.807, 2.05) is 30.3 Å². The van der Waals surface area contributed by atoms with Gasteiger partial charge < -0.3 is 14.8 Å². The molecule has 10 nitrogen and oxygen atoms in total. The zero-order chi connectivity index (χ0) is 23.3. The Labute approximate surface area is 189 Å². The zero-order valence-electron chi connectivity index (χ0n) is 17.8. The summed E-state index contributed by atoms with van der Waals surface area (Å²) in [7, 11) is 0. The molecular weight excluding hydrogens is 434 g/mol. The highest BCUT2D eigenvalue weighted by Crippen LogP contribution is 2.19. The zero-order valence-corrected chi connectivity index (χ0v) is 18.7. The second-order valence-electron chi connectivity index (χ2n) is 7.97. The summed E-state index contributed by atoms with van der Waals surface area (Å²) in [6.07, 6.45) is -0.677. The third-order valence-electron chi connectivity index (χ3n) is 4.23. The maximum atomic E-state index is 12.4. The fourth-order valence-corrected chi connectivity index (χ4v) is 3.09. The number of alkyl carbamates (subject to hydrolysis) is 1. The topological polar surface area (TPSA) is 121 Å². The lowest BCUT2D eigenvalue weighted by atomic mass is 10.2. The molecular formula is C21H23N5O5S. The second kappa shape index (κ2) is 9.79. The van der Waals surface area contributed by atoms with E-state index in [0.29, 0.717) is 17.6 Å². The molecule has 1 atom stereocenters. The Bertz CT molecular complexity index is 1130. The van der Waals surface area contributed by atoms with Gasteiger partial charge in [-0.2, -0.15) is 0 Å². The largest absolute Gasteiger partial charge is 0.444 e. The van der Waals surface area contributed by atoms with Crippen molar-refractivity contribution in [1.29, 1.82) is 0 Å². The molecule has 0 aliphatic rings. The first kappa shape index (κ1) is 23.2. The number of nitrogens with zero attached hydrogens (tertiary/aromatic N) is 4. The Balaban J connectivity index is 1.83. The predicted octanol–water partition coefficient (Wildman–Crippen LogP) is 3.63. The third kappa shape index (κ3) is 6.05. The van der Waals surface area contributed by atoms with Crippen molar-refractivity contribution in [3.05, 3.63) is 64.2 Å². The summed E-state index contributed by atoms with van der Waals surface area (Å²) in [5.41, 5.74) is 0.904. The Morgan fingerprint density at radius 2 is 1.97 bits per heavy atom. The fourth-order valence-electron chi connectivity index (χ4n) is 2.82. The summed E-state index contributed by atoms with van der Waals surface area (Å²) in [6.45, 7) is 5.57. The van der Waals surface area contributed by atoms with E-state index in [9.17, 15) is 14.9 Å². The van der Waals surface area contributed by atoms with Crippen molar-refractivity contribution in [3.63, 3.8) is 0 Å². The number of hydrogen-bond acceptors (Lipinski definition) is 8. The number of ether oxygens (including phenoxy) is 2. The summed E-state index contributed by atoms with van der Waals surface area (Å²) < 4.78 is 12.4. The lowest BCUT2D eigenvalue weighted by Crippen LogP contribution is -2.47. The molecule has 168 valence electrons. The van der Waals surface area contributed by atoms with Crippen LogP contribution in [-0.2, 0) is 16.1 Å². The van der Waals surface area contributed by atoms with Gasteiger partial charge in [-0.1, -0.05) is 47.8 Å². The molecule has 0 radical (unpaired) electrons.